The van der Waals surface area contributed by atoms with E-state index in [1.54, 1.807) is 12.1 Å². The van der Waals surface area contributed by atoms with Crippen molar-refractivity contribution in [3.05, 3.63) is 29.3 Å². The van der Waals surface area contributed by atoms with E-state index in [9.17, 15) is 13.3 Å². The molecule has 4 nitrogen and oxygen atoms in total. The summed E-state index contributed by atoms with van der Waals surface area (Å²) in [5.41, 5.74) is 0.522. The summed E-state index contributed by atoms with van der Waals surface area (Å²) in [6.45, 7) is 2.62. The van der Waals surface area contributed by atoms with Crippen molar-refractivity contribution in [3.63, 3.8) is 0 Å². The Bertz CT molecular complexity index is 775. The zero-order chi connectivity index (χ0) is 26.2. The lowest BCUT2D eigenvalue weighted by Gasteiger charge is -2.29. The van der Waals surface area contributed by atoms with Crippen LogP contribution in [0.2, 0.25) is 0 Å². The monoisotopic (exact) mass is 530 g/mol. The SMILES string of the molecule is CCCCCC1CCC(c2ccc(OCCCCCCCCCCCCP(=O)(O)O)c(F)c2F)CC1. The molecule has 0 atom stereocenters. The first-order valence-electron chi connectivity index (χ1n) is 14.5. The number of hydrogen-bond acceptors (Lipinski definition) is 2. The molecule has 0 unspecified atom stereocenters. The highest BCUT2D eigenvalue weighted by molar-refractivity contribution is 7.51. The molecule has 7 heteroatoms. The molecule has 2 N–H and O–H groups in total. The van der Waals surface area contributed by atoms with Gasteiger partial charge in [0.25, 0.3) is 0 Å². The van der Waals surface area contributed by atoms with Crippen LogP contribution in [-0.4, -0.2) is 22.6 Å². The van der Waals surface area contributed by atoms with Crippen LogP contribution in [0.25, 0.3) is 0 Å². The first-order valence-corrected chi connectivity index (χ1v) is 16.3. The molecule has 0 spiro atoms. The molecule has 0 aromatic heterocycles. The van der Waals surface area contributed by atoms with E-state index in [1.165, 1.54) is 25.7 Å². The highest BCUT2D eigenvalue weighted by Gasteiger charge is 2.26. The molecule has 0 aliphatic heterocycles. The summed E-state index contributed by atoms with van der Waals surface area (Å²) in [5, 5.41) is 0. The van der Waals surface area contributed by atoms with Gasteiger partial charge >= 0.3 is 7.60 Å². The van der Waals surface area contributed by atoms with Crippen LogP contribution in [0.4, 0.5) is 8.78 Å². The molecule has 2 rings (SSSR count). The first-order chi connectivity index (χ1) is 17.3. The molecule has 1 aromatic carbocycles. The number of unbranched alkanes of at least 4 members (excludes halogenated alkanes) is 11. The van der Waals surface area contributed by atoms with E-state index >= 15 is 0 Å². The number of benzene rings is 1. The van der Waals surface area contributed by atoms with Gasteiger partial charge in [-0.05, 0) is 62.0 Å². The highest BCUT2D eigenvalue weighted by atomic mass is 31.2. The fraction of sp³-hybridized carbons (Fsp3) is 0.793. The molecule has 0 heterocycles. The minimum Gasteiger partial charge on any atom is -0.490 e. The Labute approximate surface area is 217 Å². The van der Waals surface area contributed by atoms with Gasteiger partial charge in [-0.2, -0.15) is 4.39 Å². The molecular weight excluding hydrogens is 481 g/mol. The summed E-state index contributed by atoms with van der Waals surface area (Å²) in [5.74, 6) is -0.655. The van der Waals surface area contributed by atoms with Crippen LogP contribution in [0.3, 0.4) is 0 Å². The molecular formula is C29H49F2O4P. The fourth-order valence-corrected chi connectivity index (χ4v) is 6.07. The van der Waals surface area contributed by atoms with Crippen molar-refractivity contribution in [1.82, 2.24) is 0 Å². The fourth-order valence-electron chi connectivity index (χ4n) is 5.43. The molecule has 0 bridgehead atoms. The molecule has 208 valence electrons. The summed E-state index contributed by atoms with van der Waals surface area (Å²) >= 11 is 0. The lowest BCUT2D eigenvalue weighted by Crippen LogP contribution is -2.15. The second-order valence-electron chi connectivity index (χ2n) is 10.8. The summed E-state index contributed by atoms with van der Waals surface area (Å²) in [6, 6.07) is 3.35. The minimum atomic E-state index is -3.83. The lowest BCUT2D eigenvalue weighted by molar-refractivity contribution is 0.279. The van der Waals surface area contributed by atoms with E-state index < -0.39 is 19.2 Å². The van der Waals surface area contributed by atoms with Gasteiger partial charge in [0.2, 0.25) is 5.82 Å². The Morgan fingerprint density at radius 1 is 0.806 bits per heavy atom. The predicted octanol–water partition coefficient (Wildman–Crippen LogP) is 9.28. The molecule has 1 aliphatic carbocycles. The third-order valence-electron chi connectivity index (χ3n) is 7.68. The van der Waals surface area contributed by atoms with Gasteiger partial charge in [-0.3, -0.25) is 4.57 Å². The molecule has 1 aliphatic rings. The minimum absolute atomic E-state index is 0.00406. The lowest BCUT2D eigenvalue weighted by atomic mass is 9.77. The van der Waals surface area contributed by atoms with Crippen LogP contribution >= 0.6 is 7.60 Å². The zero-order valence-corrected chi connectivity index (χ0v) is 23.3. The van der Waals surface area contributed by atoms with Gasteiger partial charge in [0.15, 0.2) is 11.6 Å². The van der Waals surface area contributed by atoms with Gasteiger partial charge in [-0.25, -0.2) is 4.39 Å². The molecule has 0 saturated heterocycles. The molecule has 1 aromatic rings. The van der Waals surface area contributed by atoms with Crippen molar-refractivity contribution in [1.29, 1.82) is 0 Å². The average molecular weight is 531 g/mol. The normalized spacial score (nSPS) is 18.5. The van der Waals surface area contributed by atoms with Crippen molar-refractivity contribution in [2.45, 2.75) is 128 Å². The van der Waals surface area contributed by atoms with Crippen LogP contribution in [-0.2, 0) is 4.57 Å². The Hall–Kier alpha value is -0.970. The topological polar surface area (TPSA) is 66.8 Å². The summed E-state index contributed by atoms with van der Waals surface area (Å²) < 4.78 is 45.8. The predicted molar refractivity (Wildman–Crippen MR) is 144 cm³/mol. The van der Waals surface area contributed by atoms with Crippen LogP contribution in [0.5, 0.6) is 5.75 Å². The van der Waals surface area contributed by atoms with Gasteiger partial charge in [0, 0.05) is 6.16 Å². The van der Waals surface area contributed by atoms with E-state index in [1.807, 2.05) is 0 Å². The van der Waals surface area contributed by atoms with Crippen LogP contribution in [0.15, 0.2) is 12.1 Å². The second-order valence-corrected chi connectivity index (χ2v) is 12.5. The molecule has 0 amide bonds. The molecule has 36 heavy (non-hydrogen) atoms. The van der Waals surface area contributed by atoms with Gasteiger partial charge in [0.1, 0.15) is 0 Å². The number of halogens is 2. The van der Waals surface area contributed by atoms with Gasteiger partial charge in [-0.1, -0.05) is 90.0 Å². The van der Waals surface area contributed by atoms with Crippen molar-refractivity contribution >= 4 is 7.60 Å². The van der Waals surface area contributed by atoms with Gasteiger partial charge < -0.3 is 14.5 Å². The smallest absolute Gasteiger partial charge is 0.325 e. The standard InChI is InChI=1S/C29H49F2O4P/c1-2-3-12-15-24-16-18-25(19-17-24)26-20-21-27(29(31)28(26)30)35-22-13-10-8-6-4-5-7-9-11-14-23-36(32,33)34/h20-21,24-25H,2-19,22-23H2,1H3,(H2,32,33,34). The Balaban J connectivity index is 1.55. The van der Waals surface area contributed by atoms with Crippen molar-refractivity contribution < 1.29 is 27.9 Å². The molecule has 1 saturated carbocycles. The molecule has 0 radical (unpaired) electrons. The Kier molecular flexibility index (Phi) is 15.2. The van der Waals surface area contributed by atoms with Crippen molar-refractivity contribution in [2.75, 3.05) is 12.8 Å². The van der Waals surface area contributed by atoms with Gasteiger partial charge in [-0.15, -0.1) is 0 Å². The van der Waals surface area contributed by atoms with Crippen LogP contribution in [0, 0.1) is 17.6 Å². The third kappa shape index (κ3) is 12.5. The van der Waals surface area contributed by atoms with E-state index in [2.05, 4.69) is 6.92 Å². The second kappa shape index (κ2) is 17.5. The maximum atomic E-state index is 14.8. The molecule has 1 fully saturated rings. The summed E-state index contributed by atoms with van der Waals surface area (Å²) in [7, 11) is -3.83. The summed E-state index contributed by atoms with van der Waals surface area (Å²) in [6.07, 6.45) is 19.2. The van der Waals surface area contributed by atoms with E-state index in [0.717, 1.165) is 89.4 Å². The third-order valence-corrected chi connectivity index (χ3v) is 8.58. The number of rotatable bonds is 19. The van der Waals surface area contributed by atoms with E-state index in [-0.39, 0.29) is 17.8 Å². The zero-order valence-electron chi connectivity index (χ0n) is 22.4. The van der Waals surface area contributed by atoms with Crippen LogP contribution < -0.4 is 4.74 Å². The van der Waals surface area contributed by atoms with Crippen LogP contribution in [0.1, 0.15) is 134 Å². The average Bonchev–Trinajstić information content (AvgIpc) is 2.84. The maximum Gasteiger partial charge on any atom is 0.325 e. The van der Waals surface area contributed by atoms with Gasteiger partial charge in [0.05, 0.1) is 6.61 Å². The highest BCUT2D eigenvalue weighted by Crippen LogP contribution is 2.40. The largest absolute Gasteiger partial charge is 0.490 e. The first kappa shape index (κ1) is 31.2. The summed E-state index contributed by atoms with van der Waals surface area (Å²) in [4.78, 5) is 17.7. The Morgan fingerprint density at radius 2 is 1.39 bits per heavy atom. The van der Waals surface area contributed by atoms with E-state index in [4.69, 9.17) is 14.5 Å². The van der Waals surface area contributed by atoms with Crippen molar-refractivity contribution in [2.24, 2.45) is 5.92 Å². The Morgan fingerprint density at radius 3 is 1.97 bits per heavy atom. The maximum absolute atomic E-state index is 14.8. The number of hydrogen-bond donors (Lipinski definition) is 2. The quantitative estimate of drug-likeness (QED) is 0.138. The van der Waals surface area contributed by atoms with Crippen molar-refractivity contribution in [3.8, 4) is 5.75 Å². The number of ether oxygens (including phenoxy) is 1. The van der Waals surface area contributed by atoms with E-state index in [0.29, 0.717) is 18.6 Å².